The van der Waals surface area contributed by atoms with Crippen LogP contribution >= 0.6 is 57.4 Å². The quantitative estimate of drug-likeness (QED) is 0.395. The number of halogens is 4. The highest BCUT2D eigenvalue weighted by atomic mass is 127. The van der Waals surface area contributed by atoms with Crippen LogP contribution in [0.1, 0.15) is 5.56 Å². The molecule has 0 radical (unpaired) electrons. The van der Waals surface area contributed by atoms with E-state index in [1.807, 2.05) is 25.1 Å². The molecule has 0 unspecified atom stereocenters. The SMILES string of the molecule is Cc1cc(I)ccc1-c1cc(Cl)cc(Cl)c1Cl. The number of hydrogen-bond donors (Lipinski definition) is 0. The Balaban J connectivity index is 2.68. The maximum absolute atomic E-state index is 6.22. The summed E-state index contributed by atoms with van der Waals surface area (Å²) in [6.07, 6.45) is 0. The van der Waals surface area contributed by atoms with E-state index in [4.69, 9.17) is 34.8 Å². The molecule has 0 bridgehead atoms. The fourth-order valence-electron chi connectivity index (χ4n) is 1.68. The fraction of sp³-hybridized carbons (Fsp3) is 0.0769. The molecule has 0 saturated carbocycles. The molecule has 0 spiro atoms. The number of rotatable bonds is 1. The Hall–Kier alpha value is 0.0400. The zero-order chi connectivity index (χ0) is 12.6. The highest BCUT2D eigenvalue weighted by Crippen LogP contribution is 2.37. The smallest absolute Gasteiger partial charge is 0.0671 e. The second-order valence-electron chi connectivity index (χ2n) is 3.71. The zero-order valence-corrected chi connectivity index (χ0v) is 13.3. The van der Waals surface area contributed by atoms with Crippen LogP contribution in [0.3, 0.4) is 0 Å². The molecular weight excluding hydrogens is 389 g/mol. The van der Waals surface area contributed by atoms with Crippen LogP contribution in [0.4, 0.5) is 0 Å². The summed E-state index contributed by atoms with van der Waals surface area (Å²) < 4.78 is 1.19. The minimum atomic E-state index is 0.479. The molecule has 2 aromatic rings. The standard InChI is InChI=1S/C13H8Cl3I/c1-7-4-9(17)2-3-10(7)11-5-8(14)6-12(15)13(11)16/h2-6H,1H3. The van der Waals surface area contributed by atoms with Crippen LogP contribution in [-0.2, 0) is 0 Å². The van der Waals surface area contributed by atoms with Crippen LogP contribution in [0.15, 0.2) is 30.3 Å². The van der Waals surface area contributed by atoms with Gasteiger partial charge in [0, 0.05) is 14.2 Å². The van der Waals surface area contributed by atoms with Gasteiger partial charge in [0.05, 0.1) is 10.0 Å². The molecule has 0 atom stereocenters. The van der Waals surface area contributed by atoms with E-state index in [0.29, 0.717) is 15.1 Å². The van der Waals surface area contributed by atoms with Gasteiger partial charge >= 0.3 is 0 Å². The third-order valence-electron chi connectivity index (χ3n) is 2.47. The molecule has 0 fully saturated rings. The lowest BCUT2D eigenvalue weighted by atomic mass is 10.0. The molecule has 4 heteroatoms. The third kappa shape index (κ3) is 2.90. The van der Waals surface area contributed by atoms with E-state index in [1.54, 1.807) is 6.07 Å². The van der Waals surface area contributed by atoms with Crippen molar-refractivity contribution in [3.05, 3.63) is 54.5 Å². The van der Waals surface area contributed by atoms with Gasteiger partial charge in [-0.25, -0.2) is 0 Å². The molecular formula is C13H8Cl3I. The van der Waals surface area contributed by atoms with Gasteiger partial charge in [-0.2, -0.15) is 0 Å². The van der Waals surface area contributed by atoms with Gasteiger partial charge in [-0.15, -0.1) is 0 Å². The van der Waals surface area contributed by atoms with Crippen LogP contribution in [0.25, 0.3) is 11.1 Å². The van der Waals surface area contributed by atoms with Crippen molar-refractivity contribution in [2.75, 3.05) is 0 Å². The monoisotopic (exact) mass is 396 g/mol. The van der Waals surface area contributed by atoms with Gasteiger partial charge in [-0.05, 0) is 64.9 Å². The van der Waals surface area contributed by atoms with Crippen molar-refractivity contribution in [2.24, 2.45) is 0 Å². The molecule has 0 nitrogen and oxygen atoms in total. The average molecular weight is 397 g/mol. The first-order chi connectivity index (χ1) is 7.99. The summed E-state index contributed by atoms with van der Waals surface area (Å²) in [5.74, 6) is 0. The van der Waals surface area contributed by atoms with Crippen LogP contribution in [-0.4, -0.2) is 0 Å². The van der Waals surface area contributed by atoms with Crippen molar-refractivity contribution in [2.45, 2.75) is 6.92 Å². The van der Waals surface area contributed by atoms with Gasteiger partial charge in [0.15, 0.2) is 0 Å². The number of benzene rings is 2. The number of aryl methyl sites for hydroxylation is 1. The van der Waals surface area contributed by atoms with E-state index in [0.717, 1.165) is 16.7 Å². The maximum Gasteiger partial charge on any atom is 0.0671 e. The van der Waals surface area contributed by atoms with Gasteiger partial charge in [0.25, 0.3) is 0 Å². The highest BCUT2D eigenvalue weighted by molar-refractivity contribution is 14.1. The summed E-state index contributed by atoms with van der Waals surface area (Å²) in [5.41, 5.74) is 3.08. The van der Waals surface area contributed by atoms with Gasteiger partial charge in [-0.3, -0.25) is 0 Å². The molecule has 0 aromatic heterocycles. The molecule has 0 aliphatic carbocycles. The summed E-state index contributed by atoms with van der Waals surface area (Å²) in [6.45, 7) is 2.04. The van der Waals surface area contributed by atoms with E-state index in [2.05, 4.69) is 28.7 Å². The van der Waals surface area contributed by atoms with Crippen LogP contribution in [0.5, 0.6) is 0 Å². The van der Waals surface area contributed by atoms with E-state index < -0.39 is 0 Å². The molecule has 17 heavy (non-hydrogen) atoms. The van der Waals surface area contributed by atoms with Crippen molar-refractivity contribution in [3.8, 4) is 11.1 Å². The van der Waals surface area contributed by atoms with E-state index >= 15 is 0 Å². The van der Waals surface area contributed by atoms with Gasteiger partial charge in [-0.1, -0.05) is 40.9 Å². The van der Waals surface area contributed by atoms with E-state index in [1.165, 1.54) is 3.57 Å². The second-order valence-corrected chi connectivity index (χ2v) is 6.18. The number of hydrogen-bond acceptors (Lipinski definition) is 0. The van der Waals surface area contributed by atoms with Crippen LogP contribution in [0, 0.1) is 10.5 Å². The molecule has 0 N–H and O–H groups in total. The topological polar surface area (TPSA) is 0 Å². The normalized spacial score (nSPS) is 10.6. The van der Waals surface area contributed by atoms with Gasteiger partial charge < -0.3 is 0 Å². The minimum absolute atomic E-state index is 0.479. The van der Waals surface area contributed by atoms with Crippen molar-refractivity contribution in [3.63, 3.8) is 0 Å². The summed E-state index contributed by atoms with van der Waals surface area (Å²) in [7, 11) is 0. The van der Waals surface area contributed by atoms with E-state index in [-0.39, 0.29) is 0 Å². The lowest BCUT2D eigenvalue weighted by Gasteiger charge is -2.10. The molecule has 0 heterocycles. The molecule has 0 aliphatic heterocycles. The predicted octanol–water partition coefficient (Wildman–Crippen LogP) is 6.23. The summed E-state index contributed by atoms with van der Waals surface area (Å²) >= 11 is 20.5. The lowest BCUT2D eigenvalue weighted by Crippen LogP contribution is -1.87. The molecule has 0 aliphatic rings. The van der Waals surface area contributed by atoms with Crippen molar-refractivity contribution in [1.82, 2.24) is 0 Å². The average Bonchev–Trinajstić information content (AvgIpc) is 2.24. The largest absolute Gasteiger partial charge is 0.0843 e. The van der Waals surface area contributed by atoms with Crippen molar-refractivity contribution >= 4 is 57.4 Å². The Morgan fingerprint density at radius 1 is 0.941 bits per heavy atom. The molecule has 0 amide bonds. The minimum Gasteiger partial charge on any atom is -0.0843 e. The Labute approximate surface area is 129 Å². The Kier molecular flexibility index (Phi) is 4.24. The second kappa shape index (κ2) is 5.35. The molecule has 0 saturated heterocycles. The Bertz CT molecular complexity index is 579. The predicted molar refractivity (Wildman–Crippen MR) is 84.4 cm³/mol. The zero-order valence-electron chi connectivity index (χ0n) is 8.90. The van der Waals surface area contributed by atoms with Crippen LogP contribution < -0.4 is 0 Å². The van der Waals surface area contributed by atoms with E-state index in [9.17, 15) is 0 Å². The van der Waals surface area contributed by atoms with Gasteiger partial charge in [0.1, 0.15) is 0 Å². The Morgan fingerprint density at radius 3 is 2.29 bits per heavy atom. The first-order valence-corrected chi connectivity index (χ1v) is 7.11. The first-order valence-electron chi connectivity index (χ1n) is 4.90. The van der Waals surface area contributed by atoms with Crippen LogP contribution in [0.2, 0.25) is 15.1 Å². The highest BCUT2D eigenvalue weighted by Gasteiger charge is 2.11. The van der Waals surface area contributed by atoms with Crippen molar-refractivity contribution in [1.29, 1.82) is 0 Å². The summed E-state index contributed by atoms with van der Waals surface area (Å²) in [6, 6.07) is 9.65. The molecule has 88 valence electrons. The van der Waals surface area contributed by atoms with Gasteiger partial charge in [0.2, 0.25) is 0 Å². The third-order valence-corrected chi connectivity index (χ3v) is 4.16. The maximum atomic E-state index is 6.22. The summed E-state index contributed by atoms with van der Waals surface area (Å²) in [5, 5.41) is 1.61. The fourth-order valence-corrected chi connectivity index (χ4v) is 3.03. The lowest BCUT2D eigenvalue weighted by molar-refractivity contribution is 1.44. The van der Waals surface area contributed by atoms with Crippen molar-refractivity contribution < 1.29 is 0 Å². The Morgan fingerprint density at radius 2 is 1.65 bits per heavy atom. The summed E-state index contributed by atoms with van der Waals surface area (Å²) in [4.78, 5) is 0. The molecule has 2 rings (SSSR count). The first kappa shape index (κ1) is 13.5. The molecule has 2 aromatic carbocycles.